The third-order valence-electron chi connectivity index (χ3n) is 3.83. The highest BCUT2D eigenvalue weighted by atomic mass is 19.1. The normalized spacial score (nSPS) is 18.8. The smallest absolute Gasteiger partial charge is 0.126 e. The van der Waals surface area contributed by atoms with E-state index in [1.54, 1.807) is 6.07 Å². The van der Waals surface area contributed by atoms with Crippen molar-refractivity contribution in [2.75, 3.05) is 26.2 Å². The molecule has 0 bridgehead atoms. The van der Waals surface area contributed by atoms with Crippen LogP contribution in [0.5, 0.6) is 0 Å². The van der Waals surface area contributed by atoms with Crippen LogP contribution >= 0.6 is 0 Å². The fourth-order valence-electron chi connectivity index (χ4n) is 2.68. The molecule has 1 unspecified atom stereocenters. The maximum absolute atomic E-state index is 13.3. The lowest BCUT2D eigenvalue weighted by molar-refractivity contribution is 0.167. The topological polar surface area (TPSA) is 15.3 Å². The van der Waals surface area contributed by atoms with Crippen LogP contribution in [0.3, 0.4) is 0 Å². The molecule has 1 aliphatic rings. The lowest BCUT2D eigenvalue weighted by Gasteiger charge is -2.34. The van der Waals surface area contributed by atoms with Crippen LogP contribution in [0.2, 0.25) is 0 Å². The molecule has 2 nitrogen and oxygen atoms in total. The van der Waals surface area contributed by atoms with E-state index in [1.807, 2.05) is 19.1 Å². The van der Waals surface area contributed by atoms with E-state index in [9.17, 15) is 4.39 Å². The van der Waals surface area contributed by atoms with Crippen LogP contribution < -0.4 is 5.32 Å². The minimum absolute atomic E-state index is 0.103. The second-order valence-electron chi connectivity index (χ2n) is 5.14. The SMILES string of the molecule is CCC(Cc1ccc(F)c(C)c1)N1CCNCC1. The number of nitrogens with zero attached hydrogens (tertiary/aromatic N) is 1. The first-order valence-electron chi connectivity index (χ1n) is 6.90. The average Bonchev–Trinajstić information content (AvgIpc) is 2.41. The zero-order chi connectivity index (χ0) is 13.0. The summed E-state index contributed by atoms with van der Waals surface area (Å²) in [7, 11) is 0. The fraction of sp³-hybridized carbons (Fsp3) is 0.600. The molecule has 1 atom stereocenters. The molecule has 0 amide bonds. The van der Waals surface area contributed by atoms with Gasteiger partial charge in [0, 0.05) is 32.2 Å². The molecule has 1 heterocycles. The monoisotopic (exact) mass is 250 g/mol. The summed E-state index contributed by atoms with van der Waals surface area (Å²) in [6.07, 6.45) is 2.17. The van der Waals surface area contributed by atoms with Gasteiger partial charge in [-0.25, -0.2) is 4.39 Å². The van der Waals surface area contributed by atoms with Gasteiger partial charge in [0.2, 0.25) is 0 Å². The van der Waals surface area contributed by atoms with Crippen molar-refractivity contribution in [3.63, 3.8) is 0 Å². The lowest BCUT2D eigenvalue weighted by Crippen LogP contribution is -2.48. The number of halogens is 1. The average molecular weight is 250 g/mol. The van der Waals surface area contributed by atoms with Gasteiger partial charge in [-0.2, -0.15) is 0 Å². The number of hydrogen-bond donors (Lipinski definition) is 1. The van der Waals surface area contributed by atoms with Crippen LogP contribution in [0, 0.1) is 12.7 Å². The van der Waals surface area contributed by atoms with E-state index >= 15 is 0 Å². The summed E-state index contributed by atoms with van der Waals surface area (Å²) >= 11 is 0. The Labute approximate surface area is 109 Å². The molecule has 0 spiro atoms. The molecule has 3 heteroatoms. The molecule has 0 aromatic heterocycles. The second kappa shape index (κ2) is 6.30. The first kappa shape index (κ1) is 13.5. The van der Waals surface area contributed by atoms with Crippen molar-refractivity contribution in [2.45, 2.75) is 32.7 Å². The first-order chi connectivity index (χ1) is 8.70. The summed E-state index contributed by atoms with van der Waals surface area (Å²) in [4.78, 5) is 2.55. The third kappa shape index (κ3) is 3.30. The van der Waals surface area contributed by atoms with Crippen molar-refractivity contribution < 1.29 is 4.39 Å². The molecule has 2 rings (SSSR count). The van der Waals surface area contributed by atoms with Crippen LogP contribution in [0.25, 0.3) is 0 Å². The Bertz CT molecular complexity index is 386. The Morgan fingerprint density at radius 2 is 2.06 bits per heavy atom. The van der Waals surface area contributed by atoms with Crippen LogP contribution in [-0.2, 0) is 6.42 Å². The summed E-state index contributed by atoms with van der Waals surface area (Å²) in [6, 6.07) is 6.08. The predicted octanol–water partition coefficient (Wildman–Crippen LogP) is 2.36. The van der Waals surface area contributed by atoms with E-state index < -0.39 is 0 Å². The van der Waals surface area contributed by atoms with Gasteiger partial charge in [-0.3, -0.25) is 4.90 Å². The summed E-state index contributed by atoms with van der Waals surface area (Å²) < 4.78 is 13.3. The molecule has 0 saturated carbocycles. The number of piperazine rings is 1. The minimum atomic E-state index is -0.103. The molecule has 1 aromatic rings. The Morgan fingerprint density at radius 3 is 2.67 bits per heavy atom. The summed E-state index contributed by atoms with van der Waals surface area (Å²) in [5.74, 6) is -0.103. The predicted molar refractivity (Wildman–Crippen MR) is 73.4 cm³/mol. The van der Waals surface area contributed by atoms with Crippen LogP contribution in [0.4, 0.5) is 4.39 Å². The lowest BCUT2D eigenvalue weighted by atomic mass is 10.00. The quantitative estimate of drug-likeness (QED) is 0.882. The van der Waals surface area contributed by atoms with Gasteiger partial charge >= 0.3 is 0 Å². The first-order valence-corrected chi connectivity index (χ1v) is 6.90. The molecule has 1 saturated heterocycles. The van der Waals surface area contributed by atoms with E-state index in [0.29, 0.717) is 6.04 Å². The van der Waals surface area contributed by atoms with E-state index in [0.717, 1.165) is 44.6 Å². The van der Waals surface area contributed by atoms with Crippen LogP contribution in [0.15, 0.2) is 18.2 Å². The largest absolute Gasteiger partial charge is 0.314 e. The van der Waals surface area contributed by atoms with Gasteiger partial charge < -0.3 is 5.32 Å². The van der Waals surface area contributed by atoms with Gasteiger partial charge in [-0.1, -0.05) is 19.1 Å². The molecule has 0 radical (unpaired) electrons. The third-order valence-corrected chi connectivity index (χ3v) is 3.83. The standard InChI is InChI=1S/C15H23FN2/c1-3-14(18-8-6-17-7-9-18)11-13-4-5-15(16)12(2)10-13/h4-5,10,14,17H,3,6-9,11H2,1-2H3. The van der Waals surface area contributed by atoms with Gasteiger partial charge in [0.1, 0.15) is 5.82 Å². The van der Waals surface area contributed by atoms with E-state index in [1.165, 1.54) is 5.56 Å². The van der Waals surface area contributed by atoms with Crippen LogP contribution in [-0.4, -0.2) is 37.1 Å². The number of aryl methyl sites for hydroxylation is 1. The number of hydrogen-bond acceptors (Lipinski definition) is 2. The Kier molecular flexibility index (Phi) is 4.72. The van der Waals surface area contributed by atoms with Crippen molar-refractivity contribution >= 4 is 0 Å². The molecule has 18 heavy (non-hydrogen) atoms. The fourth-order valence-corrected chi connectivity index (χ4v) is 2.68. The van der Waals surface area contributed by atoms with Gasteiger partial charge in [-0.15, -0.1) is 0 Å². The highest BCUT2D eigenvalue weighted by Crippen LogP contribution is 2.15. The highest BCUT2D eigenvalue weighted by molar-refractivity contribution is 5.24. The van der Waals surface area contributed by atoms with Crippen molar-refractivity contribution in [3.8, 4) is 0 Å². The Hall–Kier alpha value is -0.930. The van der Waals surface area contributed by atoms with E-state index in [-0.39, 0.29) is 5.82 Å². The summed E-state index contributed by atoms with van der Waals surface area (Å²) in [6.45, 7) is 8.49. The van der Waals surface area contributed by atoms with Gasteiger partial charge in [0.15, 0.2) is 0 Å². The Balaban J connectivity index is 2.02. The van der Waals surface area contributed by atoms with Crippen molar-refractivity contribution in [2.24, 2.45) is 0 Å². The van der Waals surface area contributed by atoms with E-state index in [2.05, 4.69) is 17.1 Å². The molecule has 1 aliphatic heterocycles. The minimum Gasteiger partial charge on any atom is -0.314 e. The van der Waals surface area contributed by atoms with Crippen molar-refractivity contribution in [3.05, 3.63) is 35.1 Å². The van der Waals surface area contributed by atoms with Gasteiger partial charge in [-0.05, 0) is 37.0 Å². The maximum atomic E-state index is 13.3. The molecule has 0 aliphatic carbocycles. The van der Waals surface area contributed by atoms with Crippen molar-refractivity contribution in [1.29, 1.82) is 0 Å². The number of nitrogens with one attached hydrogen (secondary N) is 1. The molecule has 100 valence electrons. The molecular weight excluding hydrogens is 227 g/mol. The van der Waals surface area contributed by atoms with Crippen LogP contribution in [0.1, 0.15) is 24.5 Å². The summed E-state index contributed by atoms with van der Waals surface area (Å²) in [5.41, 5.74) is 2.00. The van der Waals surface area contributed by atoms with Gasteiger partial charge in [0.25, 0.3) is 0 Å². The molecule has 1 aromatic carbocycles. The zero-order valence-corrected chi connectivity index (χ0v) is 11.4. The summed E-state index contributed by atoms with van der Waals surface area (Å²) in [5, 5.41) is 3.38. The molecule has 1 N–H and O–H groups in total. The second-order valence-corrected chi connectivity index (χ2v) is 5.14. The van der Waals surface area contributed by atoms with Gasteiger partial charge in [0.05, 0.1) is 0 Å². The number of rotatable bonds is 4. The van der Waals surface area contributed by atoms with E-state index in [4.69, 9.17) is 0 Å². The van der Waals surface area contributed by atoms with Crippen molar-refractivity contribution in [1.82, 2.24) is 10.2 Å². The zero-order valence-electron chi connectivity index (χ0n) is 11.4. The molecular formula is C15H23FN2. The maximum Gasteiger partial charge on any atom is 0.126 e. The molecule has 1 fully saturated rings. The number of benzene rings is 1. The highest BCUT2D eigenvalue weighted by Gasteiger charge is 2.19. The Morgan fingerprint density at radius 1 is 1.33 bits per heavy atom.